The highest BCUT2D eigenvalue weighted by atomic mass is 35.5. The van der Waals surface area contributed by atoms with Crippen LogP contribution in [0.3, 0.4) is 0 Å². The van der Waals surface area contributed by atoms with Crippen molar-refractivity contribution in [2.45, 2.75) is 33.1 Å². The largest absolute Gasteiger partial charge is 0.493 e. The first-order valence-corrected chi connectivity index (χ1v) is 5.71. The van der Waals surface area contributed by atoms with E-state index in [4.69, 9.17) is 16.3 Å². The normalized spacial score (nSPS) is 11.3. The van der Waals surface area contributed by atoms with Gasteiger partial charge in [0, 0.05) is 0 Å². The van der Waals surface area contributed by atoms with Crippen LogP contribution in [0.25, 0.3) is 0 Å². The van der Waals surface area contributed by atoms with Gasteiger partial charge in [0.05, 0.1) is 12.2 Å². The molecule has 2 nitrogen and oxygen atoms in total. The van der Waals surface area contributed by atoms with Gasteiger partial charge in [-0.2, -0.15) is 0 Å². The Morgan fingerprint density at radius 1 is 1.38 bits per heavy atom. The number of ether oxygens (including phenoxy) is 1. The Morgan fingerprint density at radius 2 is 2.00 bits per heavy atom. The van der Waals surface area contributed by atoms with E-state index in [0.717, 1.165) is 5.56 Å². The second-order valence-electron chi connectivity index (χ2n) is 4.67. The fraction of sp³-hybridized carbons (Fsp3) is 0.462. The van der Waals surface area contributed by atoms with Crippen LogP contribution in [0, 0.1) is 0 Å². The van der Waals surface area contributed by atoms with Crippen molar-refractivity contribution in [3.05, 3.63) is 29.3 Å². The molecule has 1 aromatic rings. The van der Waals surface area contributed by atoms with Crippen molar-refractivity contribution in [3.63, 3.8) is 0 Å². The van der Waals surface area contributed by atoms with Gasteiger partial charge in [0.25, 0.3) is 5.24 Å². The molecule has 0 aromatic heterocycles. The first-order chi connectivity index (χ1) is 7.36. The van der Waals surface area contributed by atoms with Crippen molar-refractivity contribution in [2.75, 3.05) is 6.61 Å². The molecule has 0 aliphatic heterocycles. The molecule has 0 unspecified atom stereocenters. The molecule has 0 atom stereocenters. The molecular weight excluding hydrogens is 224 g/mol. The van der Waals surface area contributed by atoms with Crippen LogP contribution < -0.4 is 4.74 Å². The quantitative estimate of drug-likeness (QED) is 0.752. The number of rotatable bonds is 3. The summed E-state index contributed by atoms with van der Waals surface area (Å²) in [4.78, 5) is 11.2. The molecule has 16 heavy (non-hydrogen) atoms. The lowest BCUT2D eigenvalue weighted by Crippen LogP contribution is -2.12. The Balaban J connectivity index is 3.22. The third-order valence-corrected chi connectivity index (χ3v) is 2.56. The molecule has 0 amide bonds. The van der Waals surface area contributed by atoms with Crippen LogP contribution in [0.2, 0.25) is 0 Å². The Kier molecular flexibility index (Phi) is 3.98. The maximum absolute atomic E-state index is 11.2. The van der Waals surface area contributed by atoms with Crippen molar-refractivity contribution in [2.24, 2.45) is 0 Å². The van der Waals surface area contributed by atoms with Crippen LogP contribution in [-0.2, 0) is 5.41 Å². The standard InChI is InChI=1S/C13H17ClO2/c1-5-16-11-8-9(13(2,3)4)6-7-10(11)12(14)15/h6-8H,5H2,1-4H3. The van der Waals surface area contributed by atoms with Crippen LogP contribution >= 0.6 is 11.6 Å². The predicted octanol–water partition coefficient (Wildman–Crippen LogP) is 3.76. The zero-order valence-corrected chi connectivity index (χ0v) is 10.9. The van der Waals surface area contributed by atoms with E-state index < -0.39 is 5.24 Å². The molecule has 0 spiro atoms. The van der Waals surface area contributed by atoms with Crippen molar-refractivity contribution >= 4 is 16.8 Å². The average Bonchev–Trinajstić information content (AvgIpc) is 2.16. The minimum atomic E-state index is -0.482. The smallest absolute Gasteiger partial charge is 0.256 e. The fourth-order valence-electron chi connectivity index (χ4n) is 1.43. The van der Waals surface area contributed by atoms with E-state index in [9.17, 15) is 4.79 Å². The van der Waals surface area contributed by atoms with E-state index in [1.807, 2.05) is 19.1 Å². The lowest BCUT2D eigenvalue weighted by Gasteiger charge is -2.20. The molecule has 0 saturated carbocycles. The number of hydrogen-bond acceptors (Lipinski definition) is 2. The maximum Gasteiger partial charge on any atom is 0.256 e. The first-order valence-electron chi connectivity index (χ1n) is 5.33. The number of benzene rings is 1. The molecule has 0 aliphatic carbocycles. The van der Waals surface area contributed by atoms with Gasteiger partial charge in [-0.3, -0.25) is 4.79 Å². The van der Waals surface area contributed by atoms with Gasteiger partial charge in [-0.15, -0.1) is 0 Å². The summed E-state index contributed by atoms with van der Waals surface area (Å²) in [6.45, 7) is 8.73. The SMILES string of the molecule is CCOc1cc(C(C)(C)C)ccc1C(=O)Cl. The molecule has 0 fully saturated rings. The van der Waals surface area contributed by atoms with Crippen molar-refractivity contribution in [3.8, 4) is 5.75 Å². The lowest BCUT2D eigenvalue weighted by molar-refractivity contribution is 0.107. The highest BCUT2D eigenvalue weighted by Gasteiger charge is 2.17. The van der Waals surface area contributed by atoms with Gasteiger partial charge in [0.15, 0.2) is 0 Å². The third kappa shape index (κ3) is 2.99. The fourth-order valence-corrected chi connectivity index (χ4v) is 1.58. The van der Waals surface area contributed by atoms with Gasteiger partial charge >= 0.3 is 0 Å². The molecule has 0 aliphatic rings. The second-order valence-corrected chi connectivity index (χ2v) is 5.01. The van der Waals surface area contributed by atoms with Crippen LogP contribution in [-0.4, -0.2) is 11.8 Å². The molecule has 0 radical (unpaired) electrons. The summed E-state index contributed by atoms with van der Waals surface area (Å²) in [5.41, 5.74) is 1.58. The van der Waals surface area contributed by atoms with Crippen molar-refractivity contribution in [1.29, 1.82) is 0 Å². The highest BCUT2D eigenvalue weighted by Crippen LogP contribution is 2.29. The van der Waals surface area contributed by atoms with Gasteiger partial charge in [0.1, 0.15) is 5.75 Å². The molecule has 1 rings (SSSR count). The van der Waals surface area contributed by atoms with E-state index in [2.05, 4.69) is 20.8 Å². The minimum Gasteiger partial charge on any atom is -0.493 e. The monoisotopic (exact) mass is 240 g/mol. The lowest BCUT2D eigenvalue weighted by atomic mass is 9.86. The van der Waals surface area contributed by atoms with E-state index in [-0.39, 0.29) is 5.41 Å². The van der Waals surface area contributed by atoms with Crippen LogP contribution in [0.15, 0.2) is 18.2 Å². The Bertz CT molecular complexity index is 391. The minimum absolute atomic E-state index is 0.0275. The molecule has 0 saturated heterocycles. The number of halogens is 1. The van der Waals surface area contributed by atoms with E-state index in [1.54, 1.807) is 6.07 Å². The molecular formula is C13H17ClO2. The molecule has 0 bridgehead atoms. The molecule has 1 aromatic carbocycles. The van der Waals surface area contributed by atoms with Crippen molar-refractivity contribution in [1.82, 2.24) is 0 Å². The Hall–Kier alpha value is -1.02. The van der Waals surface area contributed by atoms with Gasteiger partial charge in [0.2, 0.25) is 0 Å². The van der Waals surface area contributed by atoms with Crippen LogP contribution in [0.5, 0.6) is 5.75 Å². The van der Waals surface area contributed by atoms with Gasteiger partial charge < -0.3 is 4.74 Å². The van der Waals surface area contributed by atoms with Crippen LogP contribution in [0.1, 0.15) is 43.6 Å². The molecule has 0 N–H and O–H groups in total. The summed E-state index contributed by atoms with van der Waals surface area (Å²) in [6.07, 6.45) is 0. The summed E-state index contributed by atoms with van der Waals surface area (Å²) in [7, 11) is 0. The second kappa shape index (κ2) is 4.88. The van der Waals surface area contributed by atoms with E-state index in [1.165, 1.54) is 0 Å². The van der Waals surface area contributed by atoms with E-state index >= 15 is 0 Å². The zero-order chi connectivity index (χ0) is 12.3. The molecule has 3 heteroatoms. The zero-order valence-electron chi connectivity index (χ0n) is 10.1. The van der Waals surface area contributed by atoms with Crippen LogP contribution in [0.4, 0.5) is 0 Å². The summed E-state index contributed by atoms with van der Waals surface area (Å²) >= 11 is 5.49. The van der Waals surface area contributed by atoms with Gasteiger partial charge in [-0.05, 0) is 41.6 Å². The summed E-state index contributed by atoms with van der Waals surface area (Å²) < 4.78 is 5.43. The number of hydrogen-bond donors (Lipinski definition) is 0. The predicted molar refractivity (Wildman–Crippen MR) is 66.5 cm³/mol. The van der Waals surface area contributed by atoms with Gasteiger partial charge in [-0.1, -0.05) is 26.8 Å². The summed E-state index contributed by atoms with van der Waals surface area (Å²) in [5, 5.41) is -0.482. The first kappa shape index (κ1) is 13.0. The van der Waals surface area contributed by atoms with Gasteiger partial charge in [-0.25, -0.2) is 0 Å². The molecule has 0 heterocycles. The third-order valence-electron chi connectivity index (χ3n) is 2.36. The Morgan fingerprint density at radius 3 is 2.44 bits per heavy atom. The topological polar surface area (TPSA) is 26.3 Å². The Labute approximate surface area is 102 Å². The summed E-state index contributed by atoms with van der Waals surface area (Å²) in [6, 6.07) is 5.53. The average molecular weight is 241 g/mol. The highest BCUT2D eigenvalue weighted by molar-refractivity contribution is 6.68. The number of carbonyl (C=O) groups is 1. The number of carbonyl (C=O) groups excluding carboxylic acids is 1. The summed E-state index contributed by atoms with van der Waals surface area (Å²) in [5.74, 6) is 0.565. The maximum atomic E-state index is 11.2. The van der Waals surface area contributed by atoms with Crippen molar-refractivity contribution < 1.29 is 9.53 Å². The van der Waals surface area contributed by atoms with E-state index in [0.29, 0.717) is 17.9 Å². The molecule has 88 valence electrons.